The van der Waals surface area contributed by atoms with E-state index in [1.807, 2.05) is 19.1 Å². The molecule has 0 aliphatic carbocycles. The lowest BCUT2D eigenvalue weighted by Gasteiger charge is -2.12. The lowest BCUT2D eigenvalue weighted by Crippen LogP contribution is -2.16. The molecule has 0 N–H and O–H groups in total. The average molecular weight is 409 g/mol. The van der Waals surface area contributed by atoms with Gasteiger partial charge in [0, 0.05) is 10.4 Å². The standard InChI is InChI=1S/C19H17ClO4S2/c1-2-5-14-8-13-19(18-7-4-3-6-17(14)18)26(23,24)25(21,22)16-11-9-15(20)10-12-16/h3-4,6-13H,2,5H2,1H3. The van der Waals surface area contributed by atoms with Crippen LogP contribution in [-0.4, -0.2) is 16.8 Å². The number of halogens is 1. The minimum absolute atomic E-state index is 0.206. The second-order valence-corrected chi connectivity index (χ2v) is 11.7. The van der Waals surface area contributed by atoms with Crippen LogP contribution in [0, 0.1) is 0 Å². The number of fused-ring (bicyclic) bond motifs is 1. The molecule has 0 aliphatic rings. The maximum absolute atomic E-state index is 13.0. The fourth-order valence-electron chi connectivity index (χ4n) is 2.89. The Bertz CT molecular complexity index is 1170. The Morgan fingerprint density at radius 3 is 2.00 bits per heavy atom. The Hall–Kier alpha value is -1.89. The Labute approximate surface area is 157 Å². The van der Waals surface area contributed by atoms with Crippen LogP contribution < -0.4 is 0 Å². The SMILES string of the molecule is CCCc1ccc(S(=O)(=O)S(=O)(=O)c2ccc(Cl)cc2)c2ccccc12. The molecule has 0 amide bonds. The van der Waals surface area contributed by atoms with E-state index in [1.165, 1.54) is 30.3 Å². The summed E-state index contributed by atoms with van der Waals surface area (Å²) in [5, 5.41) is 1.49. The Kier molecular flexibility index (Phi) is 5.10. The smallest absolute Gasteiger partial charge is 0.207 e. The first-order valence-electron chi connectivity index (χ1n) is 8.05. The van der Waals surface area contributed by atoms with Gasteiger partial charge < -0.3 is 0 Å². The van der Waals surface area contributed by atoms with Crippen LogP contribution in [0.3, 0.4) is 0 Å². The van der Waals surface area contributed by atoms with Gasteiger partial charge in [-0.05, 0) is 47.7 Å². The number of hydrogen-bond acceptors (Lipinski definition) is 4. The Balaban J connectivity index is 2.25. The molecule has 0 atom stereocenters. The molecule has 3 aromatic carbocycles. The number of benzene rings is 3. The zero-order valence-electron chi connectivity index (χ0n) is 14.0. The van der Waals surface area contributed by atoms with Gasteiger partial charge in [-0.1, -0.05) is 55.3 Å². The lowest BCUT2D eigenvalue weighted by molar-refractivity contribution is 0.583. The fourth-order valence-corrected chi connectivity index (χ4v) is 6.89. The van der Waals surface area contributed by atoms with Gasteiger partial charge in [0.2, 0.25) is 0 Å². The van der Waals surface area contributed by atoms with Crippen LogP contribution in [0.1, 0.15) is 18.9 Å². The monoisotopic (exact) mass is 408 g/mol. The van der Waals surface area contributed by atoms with Gasteiger partial charge >= 0.3 is 0 Å². The molecule has 0 heterocycles. The molecule has 0 spiro atoms. The highest BCUT2D eigenvalue weighted by molar-refractivity contribution is 8.67. The summed E-state index contributed by atoms with van der Waals surface area (Å²) in [6.07, 6.45) is 1.68. The van der Waals surface area contributed by atoms with Gasteiger partial charge in [0.05, 0.1) is 9.79 Å². The van der Waals surface area contributed by atoms with Crippen molar-refractivity contribution in [1.29, 1.82) is 0 Å². The summed E-state index contributed by atoms with van der Waals surface area (Å²) in [6.45, 7) is 2.03. The molecule has 0 aromatic heterocycles. The summed E-state index contributed by atoms with van der Waals surface area (Å²) in [4.78, 5) is -0.508. The third-order valence-electron chi connectivity index (χ3n) is 4.15. The van der Waals surface area contributed by atoms with Crippen molar-refractivity contribution < 1.29 is 16.8 Å². The highest BCUT2D eigenvalue weighted by Gasteiger charge is 2.35. The molecule has 0 fully saturated rings. The molecule has 0 saturated heterocycles. The van der Waals surface area contributed by atoms with E-state index in [9.17, 15) is 16.8 Å². The predicted molar refractivity (Wildman–Crippen MR) is 104 cm³/mol. The predicted octanol–water partition coefficient (Wildman–Crippen LogP) is 4.61. The van der Waals surface area contributed by atoms with Gasteiger partial charge in [0.25, 0.3) is 17.7 Å². The van der Waals surface area contributed by atoms with E-state index in [0.717, 1.165) is 23.8 Å². The third-order valence-corrected chi connectivity index (χ3v) is 9.58. The first kappa shape index (κ1) is 18.9. The molecule has 0 aliphatic heterocycles. The Morgan fingerprint density at radius 1 is 0.769 bits per heavy atom. The fraction of sp³-hybridized carbons (Fsp3) is 0.158. The van der Waals surface area contributed by atoms with Crippen molar-refractivity contribution in [2.24, 2.45) is 0 Å². The van der Waals surface area contributed by atoms with Gasteiger partial charge in [-0.25, -0.2) is 16.8 Å². The summed E-state index contributed by atoms with van der Waals surface area (Å²) in [6, 6.07) is 15.1. The molecule has 0 unspecified atom stereocenters. The van der Waals surface area contributed by atoms with Gasteiger partial charge in [-0.2, -0.15) is 0 Å². The van der Waals surface area contributed by atoms with E-state index >= 15 is 0 Å². The highest BCUT2D eigenvalue weighted by Crippen LogP contribution is 2.32. The molecular formula is C19H17ClO4S2. The van der Waals surface area contributed by atoms with Gasteiger partial charge in [0.1, 0.15) is 0 Å². The lowest BCUT2D eigenvalue weighted by atomic mass is 10.0. The minimum atomic E-state index is -4.63. The van der Waals surface area contributed by atoms with Crippen molar-refractivity contribution in [3.05, 3.63) is 71.2 Å². The van der Waals surface area contributed by atoms with Gasteiger partial charge in [-0.3, -0.25) is 0 Å². The maximum Gasteiger partial charge on any atom is 0.286 e. The van der Waals surface area contributed by atoms with Crippen molar-refractivity contribution >= 4 is 40.1 Å². The maximum atomic E-state index is 13.0. The van der Waals surface area contributed by atoms with Crippen molar-refractivity contribution in [2.45, 2.75) is 29.6 Å². The van der Waals surface area contributed by atoms with E-state index in [0.29, 0.717) is 10.4 Å². The average Bonchev–Trinajstić information content (AvgIpc) is 2.62. The Morgan fingerprint density at radius 2 is 1.38 bits per heavy atom. The molecular weight excluding hydrogens is 392 g/mol. The molecule has 136 valence electrons. The van der Waals surface area contributed by atoms with Crippen LogP contribution in [0.4, 0.5) is 0 Å². The van der Waals surface area contributed by atoms with E-state index in [-0.39, 0.29) is 9.79 Å². The van der Waals surface area contributed by atoms with Gasteiger partial charge in [-0.15, -0.1) is 0 Å². The van der Waals surface area contributed by atoms with Crippen molar-refractivity contribution in [1.82, 2.24) is 0 Å². The van der Waals surface area contributed by atoms with E-state index in [1.54, 1.807) is 18.2 Å². The molecule has 0 saturated carbocycles. The first-order chi connectivity index (χ1) is 12.3. The summed E-state index contributed by atoms with van der Waals surface area (Å²) in [7, 11) is -9.24. The first-order valence-corrected chi connectivity index (χ1v) is 11.9. The molecule has 26 heavy (non-hydrogen) atoms. The van der Waals surface area contributed by atoms with Crippen LogP contribution in [0.5, 0.6) is 0 Å². The molecule has 0 radical (unpaired) electrons. The zero-order valence-corrected chi connectivity index (χ0v) is 16.4. The minimum Gasteiger partial charge on any atom is -0.207 e. The van der Waals surface area contributed by atoms with Crippen LogP contribution in [0.25, 0.3) is 10.8 Å². The molecule has 3 aromatic rings. The second kappa shape index (κ2) is 7.02. The number of aryl methyl sites for hydroxylation is 1. The van der Waals surface area contributed by atoms with Crippen LogP contribution in [0.2, 0.25) is 5.02 Å². The van der Waals surface area contributed by atoms with Crippen molar-refractivity contribution in [3.8, 4) is 0 Å². The molecule has 0 bridgehead atoms. The third kappa shape index (κ3) is 3.13. The molecule has 7 heteroatoms. The summed E-state index contributed by atoms with van der Waals surface area (Å²) >= 11 is 5.77. The summed E-state index contributed by atoms with van der Waals surface area (Å²) < 4.78 is 51.6. The van der Waals surface area contributed by atoms with Gasteiger partial charge in [0.15, 0.2) is 0 Å². The van der Waals surface area contributed by atoms with Crippen molar-refractivity contribution in [3.63, 3.8) is 0 Å². The quantitative estimate of drug-likeness (QED) is 0.578. The summed E-state index contributed by atoms with van der Waals surface area (Å²) in [5.41, 5.74) is 0.992. The molecule has 4 nitrogen and oxygen atoms in total. The normalized spacial score (nSPS) is 12.4. The van der Waals surface area contributed by atoms with Crippen LogP contribution in [-0.2, 0) is 24.2 Å². The van der Waals surface area contributed by atoms with Crippen LogP contribution >= 0.6 is 11.6 Å². The van der Waals surface area contributed by atoms with E-state index < -0.39 is 17.7 Å². The zero-order chi connectivity index (χ0) is 18.9. The largest absolute Gasteiger partial charge is 0.286 e. The number of rotatable bonds is 5. The highest BCUT2D eigenvalue weighted by atomic mass is 35.5. The van der Waals surface area contributed by atoms with Crippen molar-refractivity contribution in [2.75, 3.05) is 0 Å². The van der Waals surface area contributed by atoms with E-state index in [4.69, 9.17) is 11.6 Å². The summed E-state index contributed by atoms with van der Waals surface area (Å²) in [5.74, 6) is 0. The molecule has 3 rings (SSSR count). The second-order valence-electron chi connectivity index (χ2n) is 5.88. The number of hydrogen-bond donors (Lipinski definition) is 0. The van der Waals surface area contributed by atoms with E-state index in [2.05, 4.69) is 0 Å². The topological polar surface area (TPSA) is 68.3 Å². The van der Waals surface area contributed by atoms with Crippen LogP contribution in [0.15, 0.2) is 70.5 Å².